The monoisotopic (exact) mass is 221 g/mol. The van der Waals surface area contributed by atoms with Crippen molar-refractivity contribution in [2.75, 3.05) is 13.1 Å². The van der Waals surface area contributed by atoms with Gasteiger partial charge in [-0.25, -0.2) is 0 Å². The van der Waals surface area contributed by atoms with Crippen LogP contribution in [0.4, 0.5) is 0 Å². The Labute approximate surface area is 99.4 Å². The zero-order valence-corrected chi connectivity index (χ0v) is 10.8. The molecule has 0 N–H and O–H groups in total. The zero-order valence-electron chi connectivity index (χ0n) is 10.8. The lowest BCUT2D eigenvalue weighted by molar-refractivity contribution is -0.134. The van der Waals surface area contributed by atoms with E-state index in [4.69, 9.17) is 6.42 Å². The number of carbonyl (C=O) groups excluding carboxylic acids is 1. The molecule has 90 valence electrons. The summed E-state index contributed by atoms with van der Waals surface area (Å²) in [5.41, 5.74) is 0.0900. The molecular formula is C14H23NO. The third-order valence-corrected chi connectivity index (χ3v) is 3.06. The lowest BCUT2D eigenvalue weighted by Crippen LogP contribution is -2.39. The third-order valence-electron chi connectivity index (χ3n) is 3.06. The lowest BCUT2D eigenvalue weighted by atomic mass is 9.90. The largest absolute Gasteiger partial charge is 0.343 e. The molecule has 0 radical (unpaired) electrons. The Morgan fingerprint density at radius 3 is 2.38 bits per heavy atom. The number of likely N-dealkylation sites (tertiary alicyclic amines) is 1. The molecule has 0 saturated carbocycles. The van der Waals surface area contributed by atoms with E-state index in [-0.39, 0.29) is 5.41 Å². The standard InChI is InChI=1S/C14H23NO/c1-5-6-12-7-9-15(10-8-12)13(16)11-14(2,3)4/h1,12H,6-11H2,2-4H3. The number of carbonyl (C=O) groups is 1. The van der Waals surface area contributed by atoms with Gasteiger partial charge in [-0.3, -0.25) is 4.79 Å². The van der Waals surface area contributed by atoms with Gasteiger partial charge in [0.2, 0.25) is 5.91 Å². The van der Waals surface area contributed by atoms with E-state index in [9.17, 15) is 4.79 Å². The molecule has 0 spiro atoms. The number of amides is 1. The van der Waals surface area contributed by atoms with Crippen LogP contribution in [0.5, 0.6) is 0 Å². The van der Waals surface area contributed by atoms with Crippen LogP contribution in [0.25, 0.3) is 0 Å². The fourth-order valence-corrected chi connectivity index (χ4v) is 2.12. The van der Waals surface area contributed by atoms with Crippen LogP contribution in [0.3, 0.4) is 0 Å². The average molecular weight is 221 g/mol. The molecule has 1 rings (SSSR count). The van der Waals surface area contributed by atoms with Gasteiger partial charge in [-0.15, -0.1) is 12.3 Å². The molecule has 1 fully saturated rings. The minimum atomic E-state index is 0.0900. The van der Waals surface area contributed by atoms with Crippen molar-refractivity contribution < 1.29 is 4.79 Å². The zero-order chi connectivity index (χ0) is 12.2. The summed E-state index contributed by atoms with van der Waals surface area (Å²) in [4.78, 5) is 14.0. The van der Waals surface area contributed by atoms with Crippen molar-refractivity contribution in [3.8, 4) is 12.3 Å². The van der Waals surface area contributed by atoms with Gasteiger partial charge in [0, 0.05) is 25.9 Å². The van der Waals surface area contributed by atoms with Crippen LogP contribution >= 0.6 is 0 Å². The van der Waals surface area contributed by atoms with Crippen molar-refractivity contribution in [3.05, 3.63) is 0 Å². The second-order valence-electron chi connectivity index (χ2n) is 5.97. The van der Waals surface area contributed by atoms with Gasteiger partial charge in [0.25, 0.3) is 0 Å². The average Bonchev–Trinajstić information content (AvgIpc) is 2.16. The summed E-state index contributed by atoms with van der Waals surface area (Å²) in [5, 5.41) is 0. The first kappa shape index (κ1) is 13.1. The Morgan fingerprint density at radius 1 is 1.38 bits per heavy atom. The van der Waals surface area contributed by atoms with Crippen LogP contribution in [0.1, 0.15) is 46.5 Å². The van der Waals surface area contributed by atoms with E-state index in [1.165, 1.54) is 0 Å². The number of piperidine rings is 1. The molecule has 0 atom stereocenters. The van der Waals surface area contributed by atoms with E-state index in [2.05, 4.69) is 26.7 Å². The van der Waals surface area contributed by atoms with Crippen molar-refractivity contribution in [1.82, 2.24) is 4.90 Å². The summed E-state index contributed by atoms with van der Waals surface area (Å²) in [6.07, 6.45) is 8.95. The van der Waals surface area contributed by atoms with Gasteiger partial charge in [0.05, 0.1) is 0 Å². The Balaban J connectivity index is 2.37. The Kier molecular flexibility index (Phi) is 4.41. The van der Waals surface area contributed by atoms with E-state index in [0.29, 0.717) is 18.2 Å². The maximum Gasteiger partial charge on any atom is 0.223 e. The molecular weight excluding hydrogens is 198 g/mol. The number of rotatable bonds is 2. The topological polar surface area (TPSA) is 20.3 Å². The summed E-state index contributed by atoms with van der Waals surface area (Å²) < 4.78 is 0. The summed E-state index contributed by atoms with van der Waals surface area (Å²) in [6, 6.07) is 0. The first-order chi connectivity index (χ1) is 7.42. The molecule has 1 heterocycles. The minimum Gasteiger partial charge on any atom is -0.343 e. The first-order valence-corrected chi connectivity index (χ1v) is 6.13. The minimum absolute atomic E-state index is 0.0900. The number of terminal acetylenes is 1. The molecule has 0 aromatic rings. The highest BCUT2D eigenvalue weighted by Gasteiger charge is 2.25. The molecule has 0 unspecified atom stereocenters. The Bertz CT molecular complexity index is 274. The van der Waals surface area contributed by atoms with Gasteiger partial charge < -0.3 is 4.90 Å². The predicted octanol–water partition coefficient (Wildman–Crippen LogP) is 2.68. The predicted molar refractivity (Wildman–Crippen MR) is 66.8 cm³/mol. The second kappa shape index (κ2) is 5.39. The molecule has 2 heteroatoms. The summed E-state index contributed by atoms with van der Waals surface area (Å²) in [6.45, 7) is 8.10. The molecule has 1 saturated heterocycles. The maximum absolute atomic E-state index is 12.0. The summed E-state index contributed by atoms with van der Waals surface area (Å²) >= 11 is 0. The van der Waals surface area contributed by atoms with Crippen molar-refractivity contribution in [3.63, 3.8) is 0 Å². The van der Waals surface area contributed by atoms with Gasteiger partial charge in [0.15, 0.2) is 0 Å². The van der Waals surface area contributed by atoms with Crippen molar-refractivity contribution in [2.45, 2.75) is 46.5 Å². The molecule has 16 heavy (non-hydrogen) atoms. The third kappa shape index (κ3) is 4.26. The maximum atomic E-state index is 12.0. The van der Waals surface area contributed by atoms with Crippen LogP contribution in [-0.2, 0) is 4.79 Å². The molecule has 1 amide bonds. The Hall–Kier alpha value is -0.970. The Morgan fingerprint density at radius 2 is 1.94 bits per heavy atom. The van der Waals surface area contributed by atoms with Gasteiger partial charge in [-0.2, -0.15) is 0 Å². The van der Waals surface area contributed by atoms with E-state index < -0.39 is 0 Å². The first-order valence-electron chi connectivity index (χ1n) is 6.13. The number of hydrogen-bond donors (Lipinski definition) is 0. The van der Waals surface area contributed by atoms with Crippen molar-refractivity contribution >= 4 is 5.91 Å². The van der Waals surface area contributed by atoms with Crippen molar-refractivity contribution in [1.29, 1.82) is 0 Å². The van der Waals surface area contributed by atoms with Gasteiger partial charge >= 0.3 is 0 Å². The fraction of sp³-hybridized carbons (Fsp3) is 0.786. The smallest absolute Gasteiger partial charge is 0.223 e. The number of hydrogen-bond acceptors (Lipinski definition) is 1. The lowest BCUT2D eigenvalue weighted by Gasteiger charge is -2.33. The quantitative estimate of drug-likeness (QED) is 0.656. The normalized spacial score (nSPS) is 18.2. The van der Waals surface area contributed by atoms with E-state index >= 15 is 0 Å². The SMILES string of the molecule is C#CCC1CCN(C(=O)CC(C)(C)C)CC1. The fourth-order valence-electron chi connectivity index (χ4n) is 2.12. The highest BCUT2D eigenvalue weighted by atomic mass is 16.2. The van der Waals surface area contributed by atoms with Gasteiger partial charge in [-0.05, 0) is 24.2 Å². The van der Waals surface area contributed by atoms with E-state index in [0.717, 1.165) is 32.4 Å². The van der Waals surface area contributed by atoms with Crippen molar-refractivity contribution in [2.24, 2.45) is 11.3 Å². The molecule has 2 nitrogen and oxygen atoms in total. The molecule has 0 aromatic heterocycles. The molecule has 1 aliphatic rings. The van der Waals surface area contributed by atoms with Crippen LogP contribution in [0, 0.1) is 23.7 Å². The van der Waals surface area contributed by atoms with Crippen LogP contribution in [-0.4, -0.2) is 23.9 Å². The van der Waals surface area contributed by atoms with Crippen LogP contribution < -0.4 is 0 Å². The van der Waals surface area contributed by atoms with Gasteiger partial charge in [-0.1, -0.05) is 20.8 Å². The summed E-state index contributed by atoms with van der Waals surface area (Å²) in [5.74, 6) is 3.64. The summed E-state index contributed by atoms with van der Waals surface area (Å²) in [7, 11) is 0. The van der Waals surface area contributed by atoms with Crippen LogP contribution in [0.2, 0.25) is 0 Å². The molecule has 0 aliphatic carbocycles. The van der Waals surface area contributed by atoms with E-state index in [1.807, 2.05) is 4.90 Å². The second-order valence-corrected chi connectivity index (χ2v) is 5.97. The molecule has 0 aromatic carbocycles. The molecule has 1 aliphatic heterocycles. The number of nitrogens with zero attached hydrogens (tertiary/aromatic N) is 1. The van der Waals surface area contributed by atoms with E-state index in [1.54, 1.807) is 0 Å². The highest BCUT2D eigenvalue weighted by molar-refractivity contribution is 5.76. The molecule has 0 bridgehead atoms. The van der Waals surface area contributed by atoms with Gasteiger partial charge in [0.1, 0.15) is 0 Å². The van der Waals surface area contributed by atoms with Crippen LogP contribution in [0.15, 0.2) is 0 Å². The highest BCUT2D eigenvalue weighted by Crippen LogP contribution is 2.24.